The lowest BCUT2D eigenvalue weighted by Crippen LogP contribution is -2.00. The Bertz CT molecular complexity index is 2460. The highest BCUT2D eigenvalue weighted by Gasteiger charge is 2.19. The summed E-state index contributed by atoms with van der Waals surface area (Å²) >= 11 is 0. The number of para-hydroxylation sites is 1. The molecule has 0 radical (unpaired) electrons. The number of nitrogens with zero attached hydrogens (tertiary/aromatic N) is 4. The Morgan fingerprint density at radius 1 is 0.400 bits per heavy atom. The molecule has 3 aromatic heterocycles. The lowest BCUT2D eigenvalue weighted by Gasteiger charge is -2.10. The van der Waals surface area contributed by atoms with E-state index in [9.17, 15) is 0 Å². The molecule has 6 aromatic carbocycles. The number of rotatable bonds is 4. The largest absolute Gasteiger partial charge is 0.455 e. The number of benzene rings is 6. The van der Waals surface area contributed by atoms with Crippen molar-refractivity contribution in [3.63, 3.8) is 0 Å². The molecule has 0 spiro atoms. The number of hydrogen-bond acceptors (Lipinski definition) is 5. The summed E-state index contributed by atoms with van der Waals surface area (Å²) in [5.74, 6) is 1.89. The standard InChI is InChI=1S/C40H24N4O/c1-3-11-26(12-4-1)38-42-39(27-13-5-2-6-14-27)44-40(43-38)28-21-19-25(20-22-28)36-35-31-17-9-10-18-34(31)45-37(35)32-23-29-15-7-8-16-30(29)24-33(32)41-36/h1-24H. The van der Waals surface area contributed by atoms with Gasteiger partial charge in [0.1, 0.15) is 11.2 Å². The van der Waals surface area contributed by atoms with Crippen LogP contribution in [0.15, 0.2) is 150 Å². The molecule has 0 aliphatic rings. The minimum Gasteiger partial charge on any atom is -0.455 e. The fourth-order valence-corrected chi connectivity index (χ4v) is 6.07. The van der Waals surface area contributed by atoms with Gasteiger partial charge in [-0.25, -0.2) is 19.9 Å². The van der Waals surface area contributed by atoms with Gasteiger partial charge in [0.15, 0.2) is 17.5 Å². The normalized spacial score (nSPS) is 11.6. The fraction of sp³-hybridized carbons (Fsp3) is 0. The lowest BCUT2D eigenvalue weighted by atomic mass is 9.99. The van der Waals surface area contributed by atoms with E-state index < -0.39 is 0 Å². The van der Waals surface area contributed by atoms with Crippen LogP contribution in [0.1, 0.15) is 0 Å². The number of hydrogen-bond donors (Lipinski definition) is 0. The second-order valence-corrected chi connectivity index (χ2v) is 11.1. The third-order valence-corrected chi connectivity index (χ3v) is 8.29. The molecular formula is C40H24N4O. The highest BCUT2D eigenvalue weighted by Crippen LogP contribution is 2.40. The van der Waals surface area contributed by atoms with Crippen LogP contribution in [-0.4, -0.2) is 19.9 Å². The Kier molecular flexibility index (Phi) is 5.74. The highest BCUT2D eigenvalue weighted by molar-refractivity contribution is 6.20. The van der Waals surface area contributed by atoms with E-state index in [4.69, 9.17) is 24.4 Å². The maximum absolute atomic E-state index is 6.51. The first-order valence-electron chi connectivity index (χ1n) is 14.9. The van der Waals surface area contributed by atoms with Crippen LogP contribution in [0, 0.1) is 0 Å². The van der Waals surface area contributed by atoms with Crippen LogP contribution in [0.25, 0.3) is 89.0 Å². The van der Waals surface area contributed by atoms with Crippen molar-refractivity contribution in [2.24, 2.45) is 0 Å². The predicted octanol–water partition coefficient (Wildman–Crippen LogP) is 10.1. The van der Waals surface area contributed by atoms with Crippen LogP contribution in [0.4, 0.5) is 0 Å². The Morgan fingerprint density at radius 3 is 1.56 bits per heavy atom. The van der Waals surface area contributed by atoms with E-state index in [1.807, 2.05) is 78.9 Å². The fourth-order valence-electron chi connectivity index (χ4n) is 6.07. The van der Waals surface area contributed by atoms with E-state index >= 15 is 0 Å². The van der Waals surface area contributed by atoms with Gasteiger partial charge in [-0.15, -0.1) is 0 Å². The zero-order valence-corrected chi connectivity index (χ0v) is 24.1. The summed E-state index contributed by atoms with van der Waals surface area (Å²) in [5.41, 5.74) is 7.26. The van der Waals surface area contributed by atoms with Crippen molar-refractivity contribution in [1.82, 2.24) is 19.9 Å². The van der Waals surface area contributed by atoms with Gasteiger partial charge in [0.25, 0.3) is 0 Å². The molecule has 5 nitrogen and oxygen atoms in total. The van der Waals surface area contributed by atoms with Gasteiger partial charge in [-0.05, 0) is 29.0 Å². The van der Waals surface area contributed by atoms with E-state index in [1.165, 1.54) is 0 Å². The van der Waals surface area contributed by atoms with Crippen molar-refractivity contribution in [3.8, 4) is 45.4 Å². The first-order valence-corrected chi connectivity index (χ1v) is 14.9. The van der Waals surface area contributed by atoms with E-state index in [-0.39, 0.29) is 0 Å². The molecule has 0 saturated carbocycles. The number of aromatic nitrogens is 4. The van der Waals surface area contributed by atoms with Gasteiger partial charge in [0.05, 0.1) is 16.6 Å². The first kappa shape index (κ1) is 25.3. The van der Waals surface area contributed by atoms with Crippen molar-refractivity contribution in [1.29, 1.82) is 0 Å². The number of fused-ring (bicyclic) bond motifs is 6. The second kappa shape index (κ2) is 10.2. The van der Waals surface area contributed by atoms with Crippen LogP contribution < -0.4 is 0 Å². The Morgan fingerprint density at radius 2 is 0.911 bits per heavy atom. The van der Waals surface area contributed by atoms with Gasteiger partial charge >= 0.3 is 0 Å². The van der Waals surface area contributed by atoms with Crippen molar-refractivity contribution in [2.45, 2.75) is 0 Å². The summed E-state index contributed by atoms with van der Waals surface area (Å²) in [6.07, 6.45) is 0. The Hall–Kier alpha value is -6.20. The van der Waals surface area contributed by atoms with Crippen LogP contribution in [0.3, 0.4) is 0 Å². The summed E-state index contributed by atoms with van der Waals surface area (Å²) < 4.78 is 6.51. The van der Waals surface area contributed by atoms with Crippen LogP contribution in [-0.2, 0) is 0 Å². The van der Waals surface area contributed by atoms with E-state index in [1.54, 1.807) is 0 Å². The summed E-state index contributed by atoms with van der Waals surface area (Å²) in [4.78, 5) is 19.9. The van der Waals surface area contributed by atoms with Gasteiger partial charge in [-0.2, -0.15) is 0 Å². The SMILES string of the molecule is c1ccc(-c2nc(-c3ccccc3)nc(-c3ccc(-c4nc5cc6ccccc6cc5c5oc6ccccc6c45)cc3)n2)cc1. The van der Waals surface area contributed by atoms with Crippen LogP contribution in [0.2, 0.25) is 0 Å². The molecule has 0 unspecified atom stereocenters. The second-order valence-electron chi connectivity index (χ2n) is 11.1. The van der Waals surface area contributed by atoms with Crippen molar-refractivity contribution in [2.75, 3.05) is 0 Å². The lowest BCUT2D eigenvalue weighted by molar-refractivity contribution is 0.672. The number of pyridine rings is 1. The topological polar surface area (TPSA) is 64.7 Å². The zero-order chi connectivity index (χ0) is 29.7. The van der Waals surface area contributed by atoms with E-state index in [0.717, 1.165) is 71.6 Å². The summed E-state index contributed by atoms with van der Waals surface area (Å²) in [6, 6.07) is 49.2. The molecule has 210 valence electrons. The first-order chi connectivity index (χ1) is 22.3. The van der Waals surface area contributed by atoms with Crippen LogP contribution >= 0.6 is 0 Å². The van der Waals surface area contributed by atoms with Gasteiger partial charge in [0.2, 0.25) is 0 Å². The maximum Gasteiger partial charge on any atom is 0.164 e. The van der Waals surface area contributed by atoms with E-state index in [0.29, 0.717) is 17.5 Å². The number of furan rings is 1. The molecule has 45 heavy (non-hydrogen) atoms. The molecule has 0 N–H and O–H groups in total. The van der Waals surface area contributed by atoms with Gasteiger partial charge in [-0.1, -0.05) is 127 Å². The van der Waals surface area contributed by atoms with Crippen LogP contribution in [0.5, 0.6) is 0 Å². The predicted molar refractivity (Wildman–Crippen MR) is 182 cm³/mol. The summed E-state index contributed by atoms with van der Waals surface area (Å²) in [7, 11) is 0. The molecule has 0 aliphatic heterocycles. The molecule has 0 saturated heterocycles. The minimum absolute atomic E-state index is 0.617. The monoisotopic (exact) mass is 576 g/mol. The zero-order valence-electron chi connectivity index (χ0n) is 24.1. The molecule has 3 heterocycles. The molecule has 5 heteroatoms. The maximum atomic E-state index is 6.51. The van der Waals surface area contributed by atoms with Gasteiger partial charge < -0.3 is 4.42 Å². The Labute approximate surface area is 258 Å². The molecule has 9 rings (SSSR count). The molecule has 9 aromatic rings. The molecule has 0 aliphatic carbocycles. The highest BCUT2D eigenvalue weighted by atomic mass is 16.3. The minimum atomic E-state index is 0.617. The summed E-state index contributed by atoms with van der Waals surface area (Å²) in [6.45, 7) is 0. The van der Waals surface area contributed by atoms with Gasteiger partial charge in [-0.3, -0.25) is 0 Å². The molecule has 0 bridgehead atoms. The molecule has 0 amide bonds. The average Bonchev–Trinajstić information content (AvgIpc) is 3.51. The average molecular weight is 577 g/mol. The molecule has 0 fully saturated rings. The summed E-state index contributed by atoms with van der Waals surface area (Å²) in [5, 5.41) is 5.37. The van der Waals surface area contributed by atoms with Gasteiger partial charge in [0, 0.05) is 33.0 Å². The van der Waals surface area contributed by atoms with E-state index in [2.05, 4.69) is 66.7 Å². The quantitative estimate of drug-likeness (QED) is 0.195. The smallest absolute Gasteiger partial charge is 0.164 e. The third kappa shape index (κ3) is 4.33. The van der Waals surface area contributed by atoms with Crippen molar-refractivity contribution >= 4 is 43.6 Å². The van der Waals surface area contributed by atoms with Crippen molar-refractivity contribution in [3.05, 3.63) is 146 Å². The Balaban J connectivity index is 1.22. The molecule has 0 atom stereocenters. The van der Waals surface area contributed by atoms with Crippen molar-refractivity contribution < 1.29 is 4.42 Å². The molecular weight excluding hydrogens is 552 g/mol. The third-order valence-electron chi connectivity index (χ3n) is 8.29.